The van der Waals surface area contributed by atoms with Gasteiger partial charge < -0.3 is 21.3 Å². The molecule has 7 nitrogen and oxygen atoms in total. The number of carbonyl (C=O) groups excluding carboxylic acids is 3. The van der Waals surface area contributed by atoms with Crippen molar-refractivity contribution in [2.75, 3.05) is 19.6 Å². The monoisotopic (exact) mass is 352 g/mol. The maximum Gasteiger partial charge on any atom is 0.242 e. The molecule has 1 saturated heterocycles. The molecule has 2 aliphatic rings. The standard InChI is InChI=1S/C18H32N4O3/c1-3-12-5-7-13(8-6-12)17(24)21-10-16(23)22-11-14(19)9-15(22)18(25)20-4-2/h12-15H,3-11,19H2,1-2H3,(H,20,25)(H,21,24)/t12?,13?,14-,15-/m0/s1. The summed E-state index contributed by atoms with van der Waals surface area (Å²) in [5.41, 5.74) is 5.93. The molecule has 1 aliphatic heterocycles. The fourth-order valence-corrected chi connectivity index (χ4v) is 3.93. The van der Waals surface area contributed by atoms with Crippen molar-refractivity contribution in [3.05, 3.63) is 0 Å². The van der Waals surface area contributed by atoms with Crippen molar-refractivity contribution < 1.29 is 14.4 Å². The second-order valence-corrected chi connectivity index (χ2v) is 7.30. The number of carbonyl (C=O) groups is 3. The van der Waals surface area contributed by atoms with Gasteiger partial charge in [-0.3, -0.25) is 14.4 Å². The van der Waals surface area contributed by atoms with Gasteiger partial charge >= 0.3 is 0 Å². The summed E-state index contributed by atoms with van der Waals surface area (Å²) in [7, 11) is 0. The van der Waals surface area contributed by atoms with E-state index in [1.807, 2.05) is 6.92 Å². The number of rotatable bonds is 6. The van der Waals surface area contributed by atoms with E-state index in [0.717, 1.165) is 31.6 Å². The molecule has 0 aromatic rings. The summed E-state index contributed by atoms with van der Waals surface area (Å²) in [6.07, 6.45) is 5.60. The van der Waals surface area contributed by atoms with Crippen LogP contribution in [0.4, 0.5) is 0 Å². The van der Waals surface area contributed by atoms with Gasteiger partial charge in [0.1, 0.15) is 6.04 Å². The lowest BCUT2D eigenvalue weighted by Crippen LogP contribution is -2.49. The highest BCUT2D eigenvalue weighted by Gasteiger charge is 2.38. The van der Waals surface area contributed by atoms with Crippen LogP contribution in [0.2, 0.25) is 0 Å². The first-order valence-electron chi connectivity index (χ1n) is 9.56. The lowest BCUT2D eigenvalue weighted by molar-refractivity contribution is -0.139. The highest BCUT2D eigenvalue weighted by atomic mass is 16.2. The van der Waals surface area contributed by atoms with Gasteiger partial charge in [0, 0.05) is 25.0 Å². The predicted molar refractivity (Wildman–Crippen MR) is 95.5 cm³/mol. The molecule has 0 aromatic heterocycles. The molecule has 1 aliphatic carbocycles. The second-order valence-electron chi connectivity index (χ2n) is 7.30. The molecule has 0 bridgehead atoms. The number of hydrogen-bond donors (Lipinski definition) is 3. The summed E-state index contributed by atoms with van der Waals surface area (Å²) < 4.78 is 0. The van der Waals surface area contributed by atoms with Crippen LogP contribution in [0.5, 0.6) is 0 Å². The molecule has 2 rings (SSSR count). The molecule has 1 heterocycles. The van der Waals surface area contributed by atoms with Crippen LogP contribution in [0.15, 0.2) is 0 Å². The second kappa shape index (κ2) is 9.17. The molecule has 2 atom stereocenters. The van der Waals surface area contributed by atoms with Crippen molar-refractivity contribution in [3.8, 4) is 0 Å². The highest BCUT2D eigenvalue weighted by molar-refractivity contribution is 5.91. The molecule has 142 valence electrons. The third-order valence-electron chi connectivity index (χ3n) is 5.52. The Bertz CT molecular complexity index is 489. The maximum atomic E-state index is 12.5. The molecule has 0 spiro atoms. The van der Waals surface area contributed by atoms with Gasteiger partial charge in [-0.15, -0.1) is 0 Å². The minimum Gasteiger partial charge on any atom is -0.355 e. The molecule has 1 saturated carbocycles. The Morgan fingerprint density at radius 3 is 2.32 bits per heavy atom. The van der Waals surface area contributed by atoms with E-state index >= 15 is 0 Å². The van der Waals surface area contributed by atoms with E-state index in [9.17, 15) is 14.4 Å². The lowest BCUT2D eigenvalue weighted by Gasteiger charge is -2.27. The Morgan fingerprint density at radius 2 is 1.72 bits per heavy atom. The molecular formula is C18H32N4O3. The molecule has 25 heavy (non-hydrogen) atoms. The van der Waals surface area contributed by atoms with Crippen molar-refractivity contribution in [3.63, 3.8) is 0 Å². The first-order valence-corrected chi connectivity index (χ1v) is 9.56. The SMILES string of the molecule is CCNC(=O)[C@@H]1C[C@H](N)CN1C(=O)CNC(=O)C1CCC(CC)CC1. The molecule has 0 aromatic carbocycles. The smallest absolute Gasteiger partial charge is 0.242 e. The van der Waals surface area contributed by atoms with Crippen LogP contribution in [0.25, 0.3) is 0 Å². The molecule has 2 fully saturated rings. The van der Waals surface area contributed by atoms with Crippen LogP contribution in [-0.2, 0) is 14.4 Å². The van der Waals surface area contributed by atoms with Gasteiger partial charge in [-0.05, 0) is 44.9 Å². The van der Waals surface area contributed by atoms with E-state index in [1.54, 1.807) is 0 Å². The van der Waals surface area contributed by atoms with E-state index in [-0.39, 0.29) is 36.2 Å². The normalized spacial score (nSPS) is 29.3. The Morgan fingerprint density at radius 1 is 1.04 bits per heavy atom. The molecule has 0 radical (unpaired) electrons. The summed E-state index contributed by atoms with van der Waals surface area (Å²) in [4.78, 5) is 38.4. The van der Waals surface area contributed by atoms with Gasteiger partial charge in [0.05, 0.1) is 6.54 Å². The Labute approximate surface area is 150 Å². The van der Waals surface area contributed by atoms with Crippen LogP contribution in [0.1, 0.15) is 52.4 Å². The van der Waals surface area contributed by atoms with Crippen molar-refractivity contribution >= 4 is 17.7 Å². The van der Waals surface area contributed by atoms with Gasteiger partial charge in [-0.1, -0.05) is 13.3 Å². The Balaban J connectivity index is 1.82. The molecule has 4 N–H and O–H groups in total. The summed E-state index contributed by atoms with van der Waals surface area (Å²) in [5.74, 6) is 0.291. The minimum atomic E-state index is -0.528. The van der Waals surface area contributed by atoms with Gasteiger partial charge in [0.15, 0.2) is 0 Å². The number of hydrogen-bond acceptors (Lipinski definition) is 4. The molecule has 3 amide bonds. The molecule has 7 heteroatoms. The number of nitrogens with two attached hydrogens (primary N) is 1. The average molecular weight is 352 g/mol. The first-order chi connectivity index (χ1) is 12.0. The van der Waals surface area contributed by atoms with Gasteiger partial charge in [-0.2, -0.15) is 0 Å². The average Bonchev–Trinajstić information content (AvgIpc) is 3.01. The summed E-state index contributed by atoms with van der Waals surface area (Å²) in [6.45, 7) is 4.85. The molecular weight excluding hydrogens is 320 g/mol. The fraction of sp³-hybridized carbons (Fsp3) is 0.833. The van der Waals surface area contributed by atoms with Crippen LogP contribution >= 0.6 is 0 Å². The van der Waals surface area contributed by atoms with Crippen molar-refractivity contribution in [2.24, 2.45) is 17.6 Å². The lowest BCUT2D eigenvalue weighted by atomic mass is 9.80. The van der Waals surface area contributed by atoms with Crippen molar-refractivity contribution in [1.82, 2.24) is 15.5 Å². The molecule has 0 unspecified atom stereocenters. The van der Waals surface area contributed by atoms with Crippen molar-refractivity contribution in [2.45, 2.75) is 64.5 Å². The highest BCUT2D eigenvalue weighted by Crippen LogP contribution is 2.30. The van der Waals surface area contributed by atoms with Gasteiger partial charge in [-0.25, -0.2) is 0 Å². The van der Waals surface area contributed by atoms with E-state index in [0.29, 0.717) is 19.5 Å². The van der Waals surface area contributed by atoms with Crippen LogP contribution in [-0.4, -0.2) is 54.3 Å². The quantitative estimate of drug-likeness (QED) is 0.643. The van der Waals surface area contributed by atoms with Crippen molar-refractivity contribution in [1.29, 1.82) is 0 Å². The van der Waals surface area contributed by atoms with E-state index in [1.165, 1.54) is 11.3 Å². The number of nitrogens with one attached hydrogen (secondary N) is 2. The van der Waals surface area contributed by atoms with E-state index in [2.05, 4.69) is 17.6 Å². The fourth-order valence-electron chi connectivity index (χ4n) is 3.93. The maximum absolute atomic E-state index is 12.5. The third-order valence-corrected chi connectivity index (χ3v) is 5.52. The van der Waals surface area contributed by atoms with Crippen LogP contribution < -0.4 is 16.4 Å². The van der Waals surface area contributed by atoms with Gasteiger partial charge in [0.25, 0.3) is 0 Å². The summed E-state index contributed by atoms with van der Waals surface area (Å²) in [6, 6.07) is -0.726. The van der Waals surface area contributed by atoms with Crippen LogP contribution in [0, 0.1) is 11.8 Å². The zero-order chi connectivity index (χ0) is 18.4. The summed E-state index contributed by atoms with van der Waals surface area (Å²) in [5, 5.41) is 5.51. The zero-order valence-corrected chi connectivity index (χ0v) is 15.4. The Kier molecular flexibility index (Phi) is 7.23. The first kappa shape index (κ1) is 19.7. The topological polar surface area (TPSA) is 105 Å². The number of amides is 3. The largest absolute Gasteiger partial charge is 0.355 e. The van der Waals surface area contributed by atoms with E-state index in [4.69, 9.17) is 5.73 Å². The Hall–Kier alpha value is -1.63. The number of nitrogens with zero attached hydrogens (tertiary/aromatic N) is 1. The minimum absolute atomic E-state index is 0.00984. The van der Waals surface area contributed by atoms with Crippen LogP contribution in [0.3, 0.4) is 0 Å². The predicted octanol–water partition coefficient (Wildman–Crippen LogP) is 0.383. The third kappa shape index (κ3) is 5.17. The van der Waals surface area contributed by atoms with E-state index < -0.39 is 6.04 Å². The summed E-state index contributed by atoms with van der Waals surface area (Å²) >= 11 is 0. The van der Waals surface area contributed by atoms with Gasteiger partial charge in [0.2, 0.25) is 17.7 Å². The number of likely N-dealkylation sites (N-methyl/N-ethyl adjacent to an activating group) is 1. The number of likely N-dealkylation sites (tertiary alicyclic amines) is 1. The zero-order valence-electron chi connectivity index (χ0n) is 15.4.